The number of nitrogens with zero attached hydrogens (tertiary/aromatic N) is 7. The standard InChI is InChI=1S/C66H119N11O15/c1-24-29-42(14)55(80)54-59(84)69-46(26-3)61(86)77(30-25-2)50(36-79)64(89)75(22)53(45(17)92-32-28-27-31-78)58(83)70-51(40(10)11)65(90)71(18)47(33-37(4)5)57(82)67-43(15)56(81)68-44(16)60(85)72(19)48(34-38(6)7)62(87)73(20)49(35-39(8)9)63(88)74(21)52(41(12)13)66(91)76(54)23/h24,29,37-55,78-80H,25-28,30-36H2,1-23H3,(H,67,82)(H,68,81)(H,69,84)(H,70,83)/b29-24+/t42-,43+,44-,45-,46+,47+,48+,49+,50-,51+,52+,53?,54+,55-/m1/s1. The summed E-state index contributed by atoms with van der Waals surface area (Å²) in [7, 11) is 8.26. The zero-order valence-electron chi connectivity index (χ0n) is 59.8. The average molecular weight is 1310 g/mol. The number of amides is 11. The summed E-state index contributed by atoms with van der Waals surface area (Å²) in [5.74, 6) is -11.1. The van der Waals surface area contributed by atoms with E-state index in [0.717, 1.165) is 14.7 Å². The third kappa shape index (κ3) is 23.0. The highest BCUT2D eigenvalue weighted by Gasteiger charge is 2.47. The minimum Gasteiger partial charge on any atom is -0.396 e. The van der Waals surface area contributed by atoms with Crippen molar-refractivity contribution in [2.45, 2.75) is 241 Å². The fourth-order valence-electron chi connectivity index (χ4n) is 11.7. The molecule has 0 aliphatic carbocycles. The van der Waals surface area contributed by atoms with E-state index >= 15 is 28.8 Å². The maximum Gasteiger partial charge on any atom is 0.248 e. The molecule has 1 heterocycles. The van der Waals surface area contributed by atoms with Gasteiger partial charge in [0.2, 0.25) is 65.0 Å². The first kappa shape index (κ1) is 83.8. The lowest BCUT2D eigenvalue weighted by molar-refractivity contribution is -0.158. The lowest BCUT2D eigenvalue weighted by atomic mass is 9.93. The highest BCUT2D eigenvalue weighted by molar-refractivity contribution is 6.00. The van der Waals surface area contributed by atoms with Crippen LogP contribution in [-0.2, 0) is 57.5 Å². The molecule has 0 aromatic heterocycles. The molecule has 0 spiro atoms. The second kappa shape index (κ2) is 39.5. The van der Waals surface area contributed by atoms with Gasteiger partial charge in [-0.2, -0.15) is 0 Å². The van der Waals surface area contributed by atoms with Gasteiger partial charge in [0.1, 0.15) is 66.5 Å². The number of rotatable bonds is 21. The van der Waals surface area contributed by atoms with Crippen LogP contribution in [0.3, 0.4) is 0 Å². The summed E-state index contributed by atoms with van der Waals surface area (Å²) in [6.07, 6.45) is 1.77. The van der Waals surface area contributed by atoms with Crippen LogP contribution in [0, 0.1) is 35.5 Å². The number of hydrogen-bond acceptors (Lipinski definition) is 15. The molecule has 1 unspecified atom stereocenters. The van der Waals surface area contributed by atoms with E-state index in [2.05, 4.69) is 21.3 Å². The van der Waals surface area contributed by atoms with Gasteiger partial charge in [-0.3, -0.25) is 52.7 Å². The third-order valence-corrected chi connectivity index (χ3v) is 17.2. The van der Waals surface area contributed by atoms with Crippen LogP contribution in [0.15, 0.2) is 12.2 Å². The highest BCUT2D eigenvalue weighted by Crippen LogP contribution is 2.26. The Morgan fingerprint density at radius 2 is 0.946 bits per heavy atom. The number of allylic oxidation sites excluding steroid dienone is 1. The molecule has 14 atom stereocenters. The smallest absolute Gasteiger partial charge is 0.248 e. The van der Waals surface area contributed by atoms with Crippen molar-refractivity contribution in [1.82, 2.24) is 55.6 Å². The van der Waals surface area contributed by atoms with Gasteiger partial charge in [0.25, 0.3) is 0 Å². The Labute approximate surface area is 549 Å². The molecule has 7 N–H and O–H groups in total. The lowest BCUT2D eigenvalue weighted by Crippen LogP contribution is -2.65. The van der Waals surface area contributed by atoms with E-state index in [4.69, 9.17) is 4.74 Å². The van der Waals surface area contributed by atoms with Gasteiger partial charge in [0.05, 0.1) is 18.8 Å². The summed E-state index contributed by atoms with van der Waals surface area (Å²) >= 11 is 0. The second-order valence-corrected chi connectivity index (χ2v) is 27.0. The maximum absolute atomic E-state index is 15.3. The van der Waals surface area contributed by atoms with Crippen molar-refractivity contribution in [3.63, 3.8) is 0 Å². The summed E-state index contributed by atoms with van der Waals surface area (Å²) in [4.78, 5) is 171. The Balaban J connectivity index is 4.55. The number of hydrogen-bond donors (Lipinski definition) is 7. The fraction of sp³-hybridized carbons (Fsp3) is 0.803. The van der Waals surface area contributed by atoms with Crippen LogP contribution in [0.2, 0.25) is 0 Å². The zero-order chi connectivity index (χ0) is 71.1. The SMILES string of the molecule is C/C=C/[C@@H](C)[C@@H](O)[C@H]1C(=O)N[C@@H](CC)C(=O)N(CCC)[C@H](CO)C(=O)N(C)C([C@@H](C)OCCCCO)C(=O)N[C@@H](C(C)C)C(=O)N(C)[C@@H](CC(C)C)C(=O)N[C@@H](C)C(=O)N[C@H](C)C(=O)N(C)[C@@H](CC(C)C)C(=O)N(C)[C@@H](CC(C)C)C(=O)N(C)[C@@H](C(C)C)C(=O)N1C. The number of ether oxygens (including phenoxy) is 1. The molecule has 1 rings (SSSR count). The molecule has 1 fully saturated rings. The first-order chi connectivity index (χ1) is 42.8. The van der Waals surface area contributed by atoms with Crippen molar-refractivity contribution in [3.8, 4) is 0 Å². The van der Waals surface area contributed by atoms with Crippen LogP contribution in [0.4, 0.5) is 0 Å². The van der Waals surface area contributed by atoms with Crippen LogP contribution in [0.1, 0.15) is 163 Å². The van der Waals surface area contributed by atoms with E-state index in [9.17, 15) is 39.3 Å². The summed E-state index contributed by atoms with van der Waals surface area (Å²) in [6, 6.07) is -15.1. The Morgan fingerprint density at radius 1 is 0.489 bits per heavy atom. The quantitative estimate of drug-likeness (QED) is 0.0640. The predicted molar refractivity (Wildman–Crippen MR) is 351 cm³/mol. The van der Waals surface area contributed by atoms with Crippen LogP contribution in [0.5, 0.6) is 0 Å². The van der Waals surface area contributed by atoms with Gasteiger partial charge in [-0.05, 0) is 102 Å². The van der Waals surface area contributed by atoms with Crippen LogP contribution >= 0.6 is 0 Å². The Kier molecular flexibility index (Phi) is 35.9. The van der Waals surface area contributed by atoms with Gasteiger partial charge in [0, 0.05) is 68.0 Å². The van der Waals surface area contributed by atoms with Gasteiger partial charge < -0.3 is 75.6 Å². The number of likely N-dealkylation sites (N-methyl/N-ethyl adjacent to an activating group) is 6. The van der Waals surface area contributed by atoms with E-state index in [1.165, 1.54) is 82.7 Å². The number of unbranched alkanes of at least 4 members (excludes halogenated alkanes) is 1. The number of aliphatic hydroxyl groups is 3. The summed E-state index contributed by atoms with van der Waals surface area (Å²) in [6.45, 7) is 27.6. The fourth-order valence-corrected chi connectivity index (χ4v) is 11.7. The largest absolute Gasteiger partial charge is 0.396 e. The Bertz CT molecular complexity index is 2480. The molecule has 0 radical (unpaired) electrons. The molecule has 26 nitrogen and oxygen atoms in total. The molecule has 0 aromatic rings. The molecule has 1 aliphatic heterocycles. The predicted octanol–water partition coefficient (Wildman–Crippen LogP) is 2.15. The van der Waals surface area contributed by atoms with Crippen molar-refractivity contribution in [2.24, 2.45) is 35.5 Å². The van der Waals surface area contributed by atoms with Gasteiger partial charge in [-0.25, -0.2) is 0 Å². The molecule has 26 heteroatoms. The lowest BCUT2D eigenvalue weighted by Gasteiger charge is -2.41. The van der Waals surface area contributed by atoms with Gasteiger partial charge >= 0.3 is 0 Å². The number of nitrogens with one attached hydrogen (secondary N) is 4. The summed E-state index contributed by atoms with van der Waals surface area (Å²) in [5.41, 5.74) is 0. The second-order valence-electron chi connectivity index (χ2n) is 27.0. The van der Waals surface area contributed by atoms with Crippen LogP contribution in [-0.4, -0.2) is 262 Å². The zero-order valence-corrected chi connectivity index (χ0v) is 59.8. The van der Waals surface area contributed by atoms with Gasteiger partial charge in [0.15, 0.2) is 0 Å². The summed E-state index contributed by atoms with van der Waals surface area (Å²) < 4.78 is 6.11. The normalized spacial score (nSPS) is 26.9. The third-order valence-electron chi connectivity index (χ3n) is 17.2. The summed E-state index contributed by atoms with van der Waals surface area (Å²) in [5, 5.41) is 43.8. The van der Waals surface area contributed by atoms with Crippen molar-refractivity contribution >= 4 is 65.0 Å². The Morgan fingerprint density at radius 3 is 1.41 bits per heavy atom. The molecule has 0 saturated carbocycles. The molecule has 1 saturated heterocycles. The first-order valence-corrected chi connectivity index (χ1v) is 33.0. The van der Waals surface area contributed by atoms with Crippen molar-refractivity contribution < 1.29 is 72.8 Å². The minimum absolute atomic E-state index is 0.0341. The highest BCUT2D eigenvalue weighted by atomic mass is 16.5. The minimum atomic E-state index is -1.71. The Hall–Kier alpha value is -6.25. The monoisotopic (exact) mass is 1310 g/mol. The van der Waals surface area contributed by atoms with Gasteiger partial charge in [-0.1, -0.05) is 102 Å². The van der Waals surface area contributed by atoms with E-state index < -0.39 is 168 Å². The first-order valence-electron chi connectivity index (χ1n) is 33.0. The molecule has 528 valence electrons. The van der Waals surface area contributed by atoms with Crippen molar-refractivity contribution in [3.05, 3.63) is 12.2 Å². The van der Waals surface area contributed by atoms with E-state index in [1.54, 1.807) is 67.5 Å². The van der Waals surface area contributed by atoms with E-state index in [0.29, 0.717) is 12.8 Å². The maximum atomic E-state index is 15.3. The number of aliphatic hydroxyl groups excluding tert-OH is 3. The number of carbonyl (C=O) groups excluding carboxylic acids is 11. The van der Waals surface area contributed by atoms with E-state index in [-0.39, 0.29) is 69.6 Å². The molecular formula is C66H119N11O15. The molecular weight excluding hydrogens is 1190 g/mol. The van der Waals surface area contributed by atoms with Gasteiger partial charge in [-0.15, -0.1) is 0 Å². The molecule has 92 heavy (non-hydrogen) atoms. The molecule has 0 aromatic carbocycles. The molecule has 1 aliphatic rings. The topological polar surface area (TPSA) is 328 Å². The van der Waals surface area contributed by atoms with Crippen molar-refractivity contribution in [1.29, 1.82) is 0 Å². The van der Waals surface area contributed by atoms with E-state index in [1.807, 2.05) is 41.5 Å². The van der Waals surface area contributed by atoms with Crippen LogP contribution in [0.25, 0.3) is 0 Å². The number of carbonyl (C=O) groups is 11. The average Bonchev–Trinajstić information content (AvgIpc) is 0.823. The van der Waals surface area contributed by atoms with Crippen molar-refractivity contribution in [2.75, 3.05) is 68.7 Å². The van der Waals surface area contributed by atoms with Crippen LogP contribution < -0.4 is 21.3 Å². The molecule has 0 bridgehead atoms. The molecule has 11 amide bonds.